The highest BCUT2D eigenvalue weighted by Gasteiger charge is 2.21. The first-order chi connectivity index (χ1) is 11.3. The highest BCUT2D eigenvalue weighted by molar-refractivity contribution is 14.0. The second-order valence-corrected chi connectivity index (χ2v) is 7.06. The molecular weight excluding hydrogens is 435 g/mol. The van der Waals surface area contributed by atoms with Gasteiger partial charge in [-0.05, 0) is 32.4 Å². The van der Waals surface area contributed by atoms with Gasteiger partial charge in [0.2, 0.25) is 0 Å². The van der Waals surface area contributed by atoms with Crippen molar-refractivity contribution in [2.45, 2.75) is 63.8 Å². The molecule has 0 bridgehead atoms. The minimum Gasteiger partial charge on any atom is -0.357 e. The van der Waals surface area contributed by atoms with E-state index < -0.39 is 0 Å². The van der Waals surface area contributed by atoms with E-state index in [0.717, 1.165) is 43.1 Å². The normalized spacial score (nSPS) is 21.2. The van der Waals surface area contributed by atoms with E-state index >= 15 is 0 Å². The Morgan fingerprint density at radius 3 is 2.96 bits per heavy atom. The van der Waals surface area contributed by atoms with Crippen LogP contribution in [0.1, 0.15) is 45.4 Å². The van der Waals surface area contributed by atoms with Crippen molar-refractivity contribution >= 4 is 41.7 Å². The van der Waals surface area contributed by atoms with Gasteiger partial charge in [-0.1, -0.05) is 13.3 Å². The van der Waals surface area contributed by atoms with E-state index in [9.17, 15) is 0 Å². The first kappa shape index (κ1) is 21.5. The number of rotatable bonds is 7. The first-order valence-corrected chi connectivity index (χ1v) is 9.99. The van der Waals surface area contributed by atoms with Crippen LogP contribution in [0, 0.1) is 0 Å². The summed E-state index contributed by atoms with van der Waals surface area (Å²) in [5.74, 6) is 1.96. The number of nitrogens with zero attached hydrogens (tertiary/aromatic N) is 4. The van der Waals surface area contributed by atoms with Crippen molar-refractivity contribution in [3.8, 4) is 0 Å². The SMILES string of the molecule is CCNC(=NCCn1cnnc1CC)NC1CCCC(SC)C1.I. The number of thioether (sulfide) groups is 1. The van der Waals surface area contributed by atoms with Gasteiger partial charge in [-0.15, -0.1) is 34.2 Å². The Balaban J connectivity index is 0.00000288. The van der Waals surface area contributed by atoms with E-state index in [2.05, 4.69) is 45.5 Å². The molecule has 1 aromatic rings. The lowest BCUT2D eigenvalue weighted by Crippen LogP contribution is -2.45. The van der Waals surface area contributed by atoms with Crippen molar-refractivity contribution in [3.63, 3.8) is 0 Å². The summed E-state index contributed by atoms with van der Waals surface area (Å²) in [4.78, 5) is 4.72. The van der Waals surface area contributed by atoms with E-state index in [1.807, 2.05) is 11.8 Å². The van der Waals surface area contributed by atoms with Crippen LogP contribution in [0.15, 0.2) is 11.3 Å². The van der Waals surface area contributed by atoms with Gasteiger partial charge in [0.1, 0.15) is 12.2 Å². The summed E-state index contributed by atoms with van der Waals surface area (Å²) in [5.41, 5.74) is 0. The van der Waals surface area contributed by atoms with E-state index in [0.29, 0.717) is 6.04 Å². The molecule has 6 nitrogen and oxygen atoms in total. The van der Waals surface area contributed by atoms with Crippen LogP contribution < -0.4 is 10.6 Å². The molecule has 0 aromatic carbocycles. The Morgan fingerprint density at radius 1 is 1.42 bits per heavy atom. The van der Waals surface area contributed by atoms with Crippen LogP contribution in [0.4, 0.5) is 0 Å². The van der Waals surface area contributed by atoms with Gasteiger partial charge in [0.25, 0.3) is 0 Å². The fraction of sp³-hybridized carbons (Fsp3) is 0.812. The number of hydrogen-bond donors (Lipinski definition) is 2. The Kier molecular flexibility index (Phi) is 10.7. The third-order valence-corrected chi connectivity index (χ3v) is 5.36. The van der Waals surface area contributed by atoms with E-state index in [-0.39, 0.29) is 24.0 Å². The van der Waals surface area contributed by atoms with Gasteiger partial charge in [0.15, 0.2) is 5.96 Å². The van der Waals surface area contributed by atoms with Crippen LogP contribution in [-0.4, -0.2) is 51.4 Å². The summed E-state index contributed by atoms with van der Waals surface area (Å²) in [7, 11) is 0. The maximum atomic E-state index is 4.72. The van der Waals surface area contributed by atoms with Crippen molar-refractivity contribution in [1.29, 1.82) is 0 Å². The number of hydrogen-bond acceptors (Lipinski definition) is 4. The smallest absolute Gasteiger partial charge is 0.191 e. The molecule has 1 fully saturated rings. The lowest BCUT2D eigenvalue weighted by Gasteiger charge is -2.29. The molecule has 8 heteroatoms. The van der Waals surface area contributed by atoms with Gasteiger partial charge >= 0.3 is 0 Å². The van der Waals surface area contributed by atoms with Crippen LogP contribution in [0.25, 0.3) is 0 Å². The first-order valence-electron chi connectivity index (χ1n) is 8.71. The van der Waals surface area contributed by atoms with Gasteiger partial charge in [-0.3, -0.25) is 4.99 Å². The number of aromatic nitrogens is 3. The zero-order valence-corrected chi connectivity index (χ0v) is 18.1. The molecule has 1 aromatic heterocycles. The van der Waals surface area contributed by atoms with Gasteiger partial charge in [0.05, 0.1) is 6.54 Å². The molecule has 0 spiro atoms. The van der Waals surface area contributed by atoms with Crippen molar-refractivity contribution in [2.24, 2.45) is 4.99 Å². The molecule has 1 aliphatic rings. The molecule has 0 saturated heterocycles. The molecule has 2 rings (SSSR count). The fourth-order valence-corrected chi connectivity index (χ4v) is 3.84. The van der Waals surface area contributed by atoms with Crippen molar-refractivity contribution in [2.75, 3.05) is 19.3 Å². The molecule has 138 valence electrons. The summed E-state index contributed by atoms with van der Waals surface area (Å²) in [6, 6.07) is 0.542. The average Bonchev–Trinajstić information content (AvgIpc) is 3.02. The molecule has 0 aliphatic heterocycles. The lowest BCUT2D eigenvalue weighted by atomic mass is 9.95. The standard InChI is InChI=1S/C16H30N6S.HI/c1-4-15-21-19-12-22(15)10-9-18-16(17-5-2)20-13-7-6-8-14(11-13)23-3;/h12-14H,4-11H2,1-3H3,(H2,17,18,20);1H. The monoisotopic (exact) mass is 466 g/mol. The van der Waals surface area contributed by atoms with Crippen molar-refractivity contribution in [1.82, 2.24) is 25.4 Å². The molecule has 2 atom stereocenters. The third kappa shape index (κ3) is 6.78. The Labute approximate surface area is 167 Å². The fourth-order valence-electron chi connectivity index (χ4n) is 3.01. The summed E-state index contributed by atoms with van der Waals surface area (Å²) in [5, 5.41) is 15.8. The third-order valence-electron chi connectivity index (χ3n) is 4.27. The minimum absolute atomic E-state index is 0. The topological polar surface area (TPSA) is 67.1 Å². The van der Waals surface area contributed by atoms with Gasteiger partial charge < -0.3 is 15.2 Å². The van der Waals surface area contributed by atoms with E-state index in [1.165, 1.54) is 25.7 Å². The van der Waals surface area contributed by atoms with Gasteiger partial charge in [0, 0.05) is 30.8 Å². The van der Waals surface area contributed by atoms with Crippen LogP contribution in [-0.2, 0) is 13.0 Å². The Morgan fingerprint density at radius 2 is 2.25 bits per heavy atom. The molecule has 1 heterocycles. The second-order valence-electron chi connectivity index (χ2n) is 5.92. The predicted molar refractivity (Wildman–Crippen MR) is 113 cm³/mol. The molecule has 0 amide bonds. The lowest BCUT2D eigenvalue weighted by molar-refractivity contribution is 0.419. The molecule has 24 heavy (non-hydrogen) atoms. The molecule has 2 unspecified atom stereocenters. The summed E-state index contributed by atoms with van der Waals surface area (Å²) >= 11 is 1.99. The highest BCUT2D eigenvalue weighted by Crippen LogP contribution is 2.26. The average molecular weight is 466 g/mol. The molecular formula is C16H31IN6S. The maximum absolute atomic E-state index is 4.72. The number of nitrogens with one attached hydrogen (secondary N) is 2. The maximum Gasteiger partial charge on any atom is 0.191 e. The number of guanidine groups is 1. The van der Waals surface area contributed by atoms with Crippen LogP contribution in [0.2, 0.25) is 0 Å². The largest absolute Gasteiger partial charge is 0.357 e. The Bertz CT molecular complexity index is 493. The van der Waals surface area contributed by atoms with E-state index in [4.69, 9.17) is 4.99 Å². The minimum atomic E-state index is 0. The molecule has 0 radical (unpaired) electrons. The van der Waals surface area contributed by atoms with Gasteiger partial charge in [-0.2, -0.15) is 11.8 Å². The zero-order chi connectivity index (χ0) is 16.5. The van der Waals surface area contributed by atoms with Crippen LogP contribution in [0.5, 0.6) is 0 Å². The second kappa shape index (κ2) is 11.9. The van der Waals surface area contributed by atoms with Crippen LogP contribution in [0.3, 0.4) is 0 Å². The predicted octanol–water partition coefficient (Wildman–Crippen LogP) is 2.69. The number of aryl methyl sites for hydroxylation is 1. The summed E-state index contributed by atoms with van der Waals surface area (Å²) in [6.07, 6.45) is 10.0. The number of halogens is 1. The van der Waals surface area contributed by atoms with E-state index in [1.54, 1.807) is 6.33 Å². The van der Waals surface area contributed by atoms with Crippen molar-refractivity contribution in [3.05, 3.63) is 12.2 Å². The molecule has 1 aliphatic carbocycles. The zero-order valence-electron chi connectivity index (χ0n) is 15.0. The highest BCUT2D eigenvalue weighted by atomic mass is 127. The summed E-state index contributed by atoms with van der Waals surface area (Å²) in [6.45, 7) is 6.65. The Hall–Kier alpha value is -0.510. The summed E-state index contributed by atoms with van der Waals surface area (Å²) < 4.78 is 2.08. The van der Waals surface area contributed by atoms with Crippen LogP contribution >= 0.6 is 35.7 Å². The molecule has 2 N–H and O–H groups in total. The quantitative estimate of drug-likeness (QED) is 0.368. The van der Waals surface area contributed by atoms with Crippen molar-refractivity contribution < 1.29 is 0 Å². The molecule has 1 saturated carbocycles. The number of aliphatic imine (C=N–C) groups is 1. The van der Waals surface area contributed by atoms with Gasteiger partial charge in [-0.25, -0.2) is 0 Å².